The van der Waals surface area contributed by atoms with Crippen LogP contribution in [0.15, 0.2) is 18.2 Å². The normalized spacial score (nSPS) is 26.4. The molecule has 3 heteroatoms. The van der Waals surface area contributed by atoms with Crippen LogP contribution >= 0.6 is 0 Å². The molecule has 1 aromatic rings. The number of nitrogens with two attached hydrogens (primary N) is 1. The number of likely N-dealkylation sites (tertiary alicyclic amines) is 1. The highest BCUT2D eigenvalue weighted by molar-refractivity contribution is 5.56. The van der Waals surface area contributed by atoms with Gasteiger partial charge in [-0.1, -0.05) is 26.0 Å². The minimum absolute atomic E-state index is 0.281. The Morgan fingerprint density at radius 2 is 2.10 bits per heavy atom. The fourth-order valence-corrected chi connectivity index (χ4v) is 4.00. The molecule has 3 nitrogen and oxygen atoms in total. The predicted molar refractivity (Wildman–Crippen MR) is 89.8 cm³/mol. The molecular weight excluding hydrogens is 258 g/mol. The van der Waals surface area contributed by atoms with Crippen molar-refractivity contribution in [2.75, 3.05) is 31.6 Å². The average Bonchev–Trinajstić information content (AvgIpc) is 2.79. The van der Waals surface area contributed by atoms with Gasteiger partial charge in [-0.25, -0.2) is 0 Å². The van der Waals surface area contributed by atoms with Gasteiger partial charge in [0.2, 0.25) is 0 Å². The molecule has 3 rings (SSSR count). The van der Waals surface area contributed by atoms with Crippen molar-refractivity contribution in [2.24, 2.45) is 11.7 Å². The lowest BCUT2D eigenvalue weighted by molar-refractivity contribution is 0.221. The number of aryl methyl sites for hydroxylation is 1. The summed E-state index contributed by atoms with van der Waals surface area (Å²) in [7, 11) is 2.20. The van der Waals surface area contributed by atoms with E-state index in [9.17, 15) is 0 Å². The van der Waals surface area contributed by atoms with Gasteiger partial charge in [-0.2, -0.15) is 0 Å². The number of fused-ring (bicyclic) bond motifs is 1. The summed E-state index contributed by atoms with van der Waals surface area (Å²) < 4.78 is 0. The van der Waals surface area contributed by atoms with Crippen LogP contribution in [0.4, 0.5) is 5.69 Å². The van der Waals surface area contributed by atoms with Crippen molar-refractivity contribution in [3.05, 3.63) is 29.3 Å². The number of anilines is 1. The average molecular weight is 287 g/mol. The lowest BCUT2D eigenvalue weighted by Crippen LogP contribution is -2.34. The van der Waals surface area contributed by atoms with Crippen LogP contribution < -0.4 is 10.6 Å². The van der Waals surface area contributed by atoms with E-state index in [1.165, 1.54) is 36.2 Å². The van der Waals surface area contributed by atoms with Gasteiger partial charge in [-0.15, -0.1) is 0 Å². The van der Waals surface area contributed by atoms with Gasteiger partial charge in [-0.3, -0.25) is 4.90 Å². The number of rotatable bonds is 3. The molecule has 2 unspecified atom stereocenters. The second-order valence-corrected chi connectivity index (χ2v) is 7.20. The van der Waals surface area contributed by atoms with E-state index in [0.29, 0.717) is 12.0 Å². The molecule has 21 heavy (non-hydrogen) atoms. The highest BCUT2D eigenvalue weighted by Crippen LogP contribution is 2.35. The lowest BCUT2D eigenvalue weighted by Gasteiger charge is -2.32. The van der Waals surface area contributed by atoms with Crippen molar-refractivity contribution < 1.29 is 0 Å². The number of nitrogens with zero attached hydrogens (tertiary/aromatic N) is 2. The molecule has 0 radical (unpaired) electrons. The van der Waals surface area contributed by atoms with Crippen molar-refractivity contribution in [2.45, 2.75) is 45.2 Å². The molecule has 0 aromatic heterocycles. The third-order valence-corrected chi connectivity index (χ3v) is 4.94. The second kappa shape index (κ2) is 5.98. The molecule has 2 heterocycles. The fourth-order valence-electron chi connectivity index (χ4n) is 4.00. The van der Waals surface area contributed by atoms with E-state index in [2.05, 4.69) is 48.9 Å². The zero-order valence-corrected chi connectivity index (χ0v) is 13.7. The first-order chi connectivity index (χ1) is 10.1. The van der Waals surface area contributed by atoms with Crippen LogP contribution in [0.1, 0.15) is 43.9 Å². The van der Waals surface area contributed by atoms with Gasteiger partial charge in [0.1, 0.15) is 0 Å². The van der Waals surface area contributed by atoms with Gasteiger partial charge in [0.05, 0.1) is 0 Å². The van der Waals surface area contributed by atoms with Crippen LogP contribution in [0.5, 0.6) is 0 Å². The smallest absolute Gasteiger partial charge is 0.0499 e. The first kappa shape index (κ1) is 14.9. The van der Waals surface area contributed by atoms with Crippen LogP contribution in [0.25, 0.3) is 0 Å². The molecule has 0 saturated carbocycles. The maximum atomic E-state index is 6.43. The minimum atomic E-state index is 0.281. The summed E-state index contributed by atoms with van der Waals surface area (Å²) in [5.74, 6) is 0.696. The molecule has 1 aromatic carbocycles. The van der Waals surface area contributed by atoms with Crippen molar-refractivity contribution in [1.82, 2.24) is 4.90 Å². The Morgan fingerprint density at radius 1 is 1.29 bits per heavy atom. The molecule has 0 aliphatic carbocycles. The summed E-state index contributed by atoms with van der Waals surface area (Å²) in [6.45, 7) is 8.05. The Balaban J connectivity index is 1.88. The van der Waals surface area contributed by atoms with E-state index in [1.54, 1.807) is 0 Å². The van der Waals surface area contributed by atoms with Crippen LogP contribution in [0.3, 0.4) is 0 Å². The second-order valence-electron chi connectivity index (χ2n) is 7.20. The van der Waals surface area contributed by atoms with E-state index in [4.69, 9.17) is 5.73 Å². The largest absolute Gasteiger partial charge is 0.374 e. The molecule has 1 saturated heterocycles. The summed E-state index contributed by atoms with van der Waals surface area (Å²) in [5, 5.41) is 0. The van der Waals surface area contributed by atoms with E-state index in [0.717, 1.165) is 19.5 Å². The van der Waals surface area contributed by atoms with Crippen LogP contribution in [0.2, 0.25) is 0 Å². The molecule has 2 N–H and O–H groups in total. The summed E-state index contributed by atoms with van der Waals surface area (Å²) in [5.41, 5.74) is 10.8. The highest BCUT2D eigenvalue weighted by Gasteiger charge is 2.33. The Kier molecular flexibility index (Phi) is 4.23. The van der Waals surface area contributed by atoms with E-state index >= 15 is 0 Å². The topological polar surface area (TPSA) is 32.5 Å². The standard InChI is InChI=1S/C18H29N3/c1-13(2)12-21-10-8-16(19)18(21)15-6-7-17-14(11-15)5-4-9-20(17)3/h6-7,11,13,16,18H,4-5,8-10,12,19H2,1-3H3. The van der Waals surface area contributed by atoms with Gasteiger partial charge in [-0.05, 0) is 42.4 Å². The van der Waals surface area contributed by atoms with Crippen molar-refractivity contribution in [3.63, 3.8) is 0 Å². The maximum absolute atomic E-state index is 6.43. The van der Waals surface area contributed by atoms with Gasteiger partial charge in [0.25, 0.3) is 0 Å². The molecule has 0 amide bonds. The summed E-state index contributed by atoms with van der Waals surface area (Å²) in [4.78, 5) is 4.96. The zero-order chi connectivity index (χ0) is 15.0. The molecule has 2 aliphatic rings. The molecule has 0 spiro atoms. The summed E-state index contributed by atoms with van der Waals surface area (Å²) in [6, 6.07) is 7.73. The van der Waals surface area contributed by atoms with Gasteiger partial charge in [0.15, 0.2) is 0 Å². The molecule has 2 aliphatic heterocycles. The Bertz CT molecular complexity index is 497. The van der Waals surface area contributed by atoms with E-state index < -0.39 is 0 Å². The monoisotopic (exact) mass is 287 g/mol. The highest BCUT2D eigenvalue weighted by atomic mass is 15.2. The third-order valence-electron chi connectivity index (χ3n) is 4.94. The van der Waals surface area contributed by atoms with Crippen LogP contribution in [-0.2, 0) is 6.42 Å². The first-order valence-electron chi connectivity index (χ1n) is 8.40. The van der Waals surface area contributed by atoms with Gasteiger partial charge < -0.3 is 10.6 Å². The minimum Gasteiger partial charge on any atom is -0.374 e. The Labute approximate surface area is 129 Å². The molecular formula is C18H29N3. The van der Waals surface area contributed by atoms with Crippen LogP contribution in [0, 0.1) is 5.92 Å². The first-order valence-corrected chi connectivity index (χ1v) is 8.40. The Hall–Kier alpha value is -1.06. The Morgan fingerprint density at radius 3 is 2.86 bits per heavy atom. The van der Waals surface area contributed by atoms with E-state index in [1.807, 2.05) is 0 Å². The van der Waals surface area contributed by atoms with Gasteiger partial charge >= 0.3 is 0 Å². The zero-order valence-electron chi connectivity index (χ0n) is 13.7. The lowest BCUT2D eigenvalue weighted by atomic mass is 9.94. The van der Waals surface area contributed by atoms with Gasteiger partial charge in [0, 0.05) is 44.5 Å². The molecule has 0 bridgehead atoms. The van der Waals surface area contributed by atoms with Crippen molar-refractivity contribution >= 4 is 5.69 Å². The summed E-state index contributed by atoms with van der Waals surface area (Å²) in [6.07, 6.45) is 3.59. The predicted octanol–water partition coefficient (Wildman–Crippen LogP) is 2.80. The van der Waals surface area contributed by atoms with E-state index in [-0.39, 0.29) is 6.04 Å². The molecule has 2 atom stereocenters. The summed E-state index contributed by atoms with van der Waals surface area (Å²) >= 11 is 0. The fraction of sp³-hybridized carbons (Fsp3) is 0.667. The van der Waals surface area contributed by atoms with Crippen molar-refractivity contribution in [1.29, 1.82) is 0 Å². The SMILES string of the molecule is CC(C)CN1CCC(N)C1c1ccc2c(c1)CCCN2C. The number of benzene rings is 1. The molecule has 116 valence electrons. The maximum Gasteiger partial charge on any atom is 0.0499 e. The number of hydrogen-bond donors (Lipinski definition) is 1. The quantitative estimate of drug-likeness (QED) is 0.928. The van der Waals surface area contributed by atoms with Crippen molar-refractivity contribution in [3.8, 4) is 0 Å². The molecule has 1 fully saturated rings. The number of hydrogen-bond acceptors (Lipinski definition) is 3. The van der Waals surface area contributed by atoms with Crippen LogP contribution in [-0.4, -0.2) is 37.6 Å². The third kappa shape index (κ3) is 2.95.